The molecule has 88 valence electrons. The maximum atomic E-state index is 11.8. The smallest absolute Gasteiger partial charge is 0.316 e. The molecule has 3 nitrogen and oxygen atoms in total. The van der Waals surface area contributed by atoms with Crippen LogP contribution in [0.15, 0.2) is 36.5 Å². The van der Waals surface area contributed by atoms with E-state index in [1.165, 1.54) is 0 Å². The van der Waals surface area contributed by atoms with Gasteiger partial charge in [-0.15, -0.1) is 0 Å². The average Bonchev–Trinajstić information content (AvgIpc) is 2.28. The van der Waals surface area contributed by atoms with Crippen molar-refractivity contribution in [2.45, 2.75) is 20.8 Å². The molecule has 0 saturated heterocycles. The number of carbonyl (C=O) groups excluding carboxylic acids is 1. The lowest BCUT2D eigenvalue weighted by atomic mass is 9.97. The van der Waals surface area contributed by atoms with Crippen LogP contribution in [-0.4, -0.2) is 11.0 Å². The number of fused-ring (bicyclic) bond motifs is 1. The highest BCUT2D eigenvalue weighted by atomic mass is 16.5. The van der Waals surface area contributed by atoms with Gasteiger partial charge in [-0.05, 0) is 45.0 Å². The van der Waals surface area contributed by atoms with Crippen LogP contribution in [0.3, 0.4) is 0 Å². The van der Waals surface area contributed by atoms with Gasteiger partial charge in [-0.3, -0.25) is 9.78 Å². The fraction of sp³-hybridized carbons (Fsp3) is 0.286. The predicted octanol–water partition coefficient (Wildman–Crippen LogP) is 3.19. The molecule has 2 aromatic rings. The lowest BCUT2D eigenvalue weighted by Crippen LogP contribution is -2.25. The highest BCUT2D eigenvalue weighted by Gasteiger charge is 2.24. The number of aromatic nitrogens is 1. The molecule has 3 heteroatoms. The molecule has 1 aromatic heterocycles. The SMILES string of the molecule is CC(C)(C)C(=O)Oc1cccc2ncccc12. The number of carbonyl (C=O) groups is 1. The van der Waals surface area contributed by atoms with Gasteiger partial charge >= 0.3 is 5.97 Å². The minimum absolute atomic E-state index is 0.242. The molecule has 0 aliphatic heterocycles. The molecule has 0 radical (unpaired) electrons. The Morgan fingerprint density at radius 3 is 2.65 bits per heavy atom. The van der Waals surface area contributed by atoms with Gasteiger partial charge in [-0.2, -0.15) is 0 Å². The summed E-state index contributed by atoms with van der Waals surface area (Å²) in [6, 6.07) is 9.24. The summed E-state index contributed by atoms with van der Waals surface area (Å²) in [6.45, 7) is 5.50. The molecule has 0 spiro atoms. The highest BCUT2D eigenvalue weighted by molar-refractivity contribution is 5.88. The van der Waals surface area contributed by atoms with E-state index < -0.39 is 5.41 Å². The monoisotopic (exact) mass is 229 g/mol. The van der Waals surface area contributed by atoms with Gasteiger partial charge in [0.05, 0.1) is 10.9 Å². The molecule has 0 bridgehead atoms. The Hall–Kier alpha value is -1.90. The molecule has 0 amide bonds. The molecular weight excluding hydrogens is 214 g/mol. The summed E-state index contributed by atoms with van der Waals surface area (Å²) in [6.07, 6.45) is 1.72. The molecular formula is C14H15NO2. The maximum Gasteiger partial charge on any atom is 0.316 e. The molecule has 0 unspecified atom stereocenters. The molecule has 0 saturated carbocycles. The molecule has 1 heterocycles. The van der Waals surface area contributed by atoms with E-state index in [4.69, 9.17) is 4.74 Å². The van der Waals surface area contributed by atoms with Crippen LogP contribution in [0, 0.1) is 5.41 Å². The van der Waals surface area contributed by atoms with Crippen LogP contribution < -0.4 is 4.74 Å². The number of esters is 1. The predicted molar refractivity (Wildman–Crippen MR) is 66.8 cm³/mol. The summed E-state index contributed by atoms with van der Waals surface area (Å²) >= 11 is 0. The summed E-state index contributed by atoms with van der Waals surface area (Å²) in [4.78, 5) is 16.1. The lowest BCUT2D eigenvalue weighted by Gasteiger charge is -2.17. The second-order valence-electron chi connectivity index (χ2n) is 4.97. The Morgan fingerprint density at radius 2 is 1.94 bits per heavy atom. The van der Waals surface area contributed by atoms with Crippen molar-refractivity contribution in [2.75, 3.05) is 0 Å². The molecule has 0 aliphatic rings. The zero-order valence-electron chi connectivity index (χ0n) is 10.2. The Labute approximate surface area is 100 Å². The van der Waals surface area contributed by atoms with E-state index in [0.717, 1.165) is 10.9 Å². The van der Waals surface area contributed by atoms with Crippen LogP contribution in [-0.2, 0) is 4.79 Å². The van der Waals surface area contributed by atoms with Gasteiger partial charge in [0.2, 0.25) is 0 Å². The van der Waals surface area contributed by atoms with E-state index in [9.17, 15) is 4.79 Å². The first kappa shape index (κ1) is 11.6. The van der Waals surface area contributed by atoms with Crippen molar-refractivity contribution >= 4 is 16.9 Å². The molecule has 1 aromatic carbocycles. The third-order valence-corrected chi connectivity index (χ3v) is 2.42. The Bertz CT molecular complexity index is 550. The number of hydrogen-bond donors (Lipinski definition) is 0. The third kappa shape index (κ3) is 2.44. The van der Waals surface area contributed by atoms with Gasteiger partial charge < -0.3 is 4.74 Å². The molecule has 0 aliphatic carbocycles. The number of rotatable bonds is 1. The normalized spacial score (nSPS) is 11.5. The Morgan fingerprint density at radius 1 is 1.18 bits per heavy atom. The van der Waals surface area contributed by atoms with Crippen molar-refractivity contribution in [3.63, 3.8) is 0 Å². The first-order chi connectivity index (χ1) is 7.98. The highest BCUT2D eigenvalue weighted by Crippen LogP contribution is 2.26. The first-order valence-electron chi connectivity index (χ1n) is 5.54. The number of nitrogens with zero attached hydrogens (tertiary/aromatic N) is 1. The van der Waals surface area contributed by atoms with Crippen molar-refractivity contribution in [2.24, 2.45) is 5.41 Å². The number of benzene rings is 1. The Kier molecular flexibility index (Phi) is 2.84. The van der Waals surface area contributed by atoms with E-state index in [-0.39, 0.29) is 5.97 Å². The number of pyridine rings is 1. The van der Waals surface area contributed by atoms with Crippen molar-refractivity contribution in [1.29, 1.82) is 0 Å². The summed E-state index contributed by atoms with van der Waals surface area (Å²) in [7, 11) is 0. The molecule has 0 atom stereocenters. The van der Waals surface area contributed by atoms with Crippen molar-refractivity contribution < 1.29 is 9.53 Å². The summed E-state index contributed by atoms with van der Waals surface area (Å²) < 4.78 is 5.41. The standard InChI is InChI=1S/C14H15NO2/c1-14(2,3)13(16)17-12-8-4-7-11-10(12)6-5-9-15-11/h4-9H,1-3H3. The fourth-order valence-corrected chi connectivity index (χ4v) is 1.42. The molecule has 2 rings (SSSR count). The van der Waals surface area contributed by atoms with E-state index in [1.807, 2.05) is 45.0 Å². The second kappa shape index (κ2) is 4.17. The van der Waals surface area contributed by atoms with E-state index >= 15 is 0 Å². The van der Waals surface area contributed by atoms with Crippen LogP contribution in [0.5, 0.6) is 5.75 Å². The van der Waals surface area contributed by atoms with E-state index in [2.05, 4.69) is 4.98 Å². The second-order valence-corrected chi connectivity index (χ2v) is 4.97. The van der Waals surface area contributed by atoms with Crippen LogP contribution >= 0.6 is 0 Å². The molecule has 17 heavy (non-hydrogen) atoms. The van der Waals surface area contributed by atoms with Crippen molar-refractivity contribution in [3.8, 4) is 5.75 Å². The van der Waals surface area contributed by atoms with Gasteiger partial charge in [-0.1, -0.05) is 6.07 Å². The van der Waals surface area contributed by atoms with E-state index in [1.54, 1.807) is 12.3 Å². The van der Waals surface area contributed by atoms with Crippen LogP contribution in [0.2, 0.25) is 0 Å². The lowest BCUT2D eigenvalue weighted by molar-refractivity contribution is -0.142. The quantitative estimate of drug-likeness (QED) is 0.557. The maximum absolute atomic E-state index is 11.8. The number of ether oxygens (including phenoxy) is 1. The van der Waals surface area contributed by atoms with Crippen molar-refractivity contribution in [3.05, 3.63) is 36.5 Å². The van der Waals surface area contributed by atoms with Crippen LogP contribution in [0.25, 0.3) is 10.9 Å². The first-order valence-corrected chi connectivity index (χ1v) is 5.54. The summed E-state index contributed by atoms with van der Waals surface area (Å²) in [5, 5.41) is 0.854. The molecule has 0 fully saturated rings. The van der Waals surface area contributed by atoms with E-state index in [0.29, 0.717) is 5.75 Å². The van der Waals surface area contributed by atoms with Gasteiger partial charge in [0.25, 0.3) is 0 Å². The van der Waals surface area contributed by atoms with Crippen LogP contribution in [0.4, 0.5) is 0 Å². The Balaban J connectivity index is 2.40. The average molecular weight is 229 g/mol. The topological polar surface area (TPSA) is 39.2 Å². The summed E-state index contributed by atoms with van der Waals surface area (Å²) in [5.41, 5.74) is 0.316. The van der Waals surface area contributed by atoms with Gasteiger partial charge in [0.1, 0.15) is 5.75 Å². The van der Waals surface area contributed by atoms with Gasteiger partial charge in [0.15, 0.2) is 0 Å². The fourth-order valence-electron chi connectivity index (χ4n) is 1.42. The largest absolute Gasteiger partial charge is 0.425 e. The minimum atomic E-state index is -0.510. The minimum Gasteiger partial charge on any atom is -0.425 e. The zero-order chi connectivity index (χ0) is 12.5. The third-order valence-electron chi connectivity index (χ3n) is 2.42. The van der Waals surface area contributed by atoms with Gasteiger partial charge in [0, 0.05) is 11.6 Å². The molecule has 0 N–H and O–H groups in total. The van der Waals surface area contributed by atoms with Crippen molar-refractivity contribution in [1.82, 2.24) is 4.98 Å². The summed E-state index contributed by atoms with van der Waals surface area (Å²) in [5.74, 6) is 0.323. The van der Waals surface area contributed by atoms with Gasteiger partial charge in [-0.25, -0.2) is 0 Å². The number of hydrogen-bond acceptors (Lipinski definition) is 3. The van der Waals surface area contributed by atoms with Crippen LogP contribution in [0.1, 0.15) is 20.8 Å². The zero-order valence-corrected chi connectivity index (χ0v) is 10.2.